The molecule has 36 heavy (non-hydrogen) atoms. The van der Waals surface area contributed by atoms with Crippen molar-refractivity contribution in [1.82, 2.24) is 24.1 Å². The molecule has 3 N–H and O–H groups in total. The number of nitrogens with one attached hydrogen (secondary N) is 1. The number of aryl methyl sites for hydroxylation is 3. The van der Waals surface area contributed by atoms with Gasteiger partial charge in [-0.3, -0.25) is 19.1 Å². The average Bonchev–Trinajstić information content (AvgIpc) is 3.00. The Morgan fingerprint density at radius 1 is 1.25 bits per heavy atom. The van der Waals surface area contributed by atoms with Crippen LogP contribution in [-0.4, -0.2) is 50.3 Å². The van der Waals surface area contributed by atoms with Crippen LogP contribution in [0.25, 0.3) is 11.2 Å². The maximum Gasteiger partial charge on any atom is 0.330 e. The molecule has 3 aromatic rings. The van der Waals surface area contributed by atoms with Gasteiger partial charge in [-0.05, 0) is 38.2 Å². The van der Waals surface area contributed by atoms with Crippen LogP contribution < -0.4 is 21.9 Å². The molecule has 11 nitrogen and oxygen atoms in total. The minimum absolute atomic E-state index is 0.0362. The second kappa shape index (κ2) is 10.7. The number of aromatic nitrogens is 5. The SMILES string of the molecule is COCCCN(C(=O)c1cc(C)nc2c1nc1n2CCCCC1)c1c(N)n(CC(C)C)c(=O)[nH]c1=O. The number of fused-ring (bicyclic) bond motifs is 3. The van der Waals surface area contributed by atoms with Gasteiger partial charge in [-0.2, -0.15) is 0 Å². The number of rotatable bonds is 8. The Bertz CT molecular complexity index is 1390. The number of nitrogens with zero attached hydrogens (tertiary/aromatic N) is 5. The van der Waals surface area contributed by atoms with Crippen LogP contribution >= 0.6 is 0 Å². The van der Waals surface area contributed by atoms with E-state index in [4.69, 9.17) is 20.4 Å². The lowest BCUT2D eigenvalue weighted by Gasteiger charge is -2.25. The van der Waals surface area contributed by atoms with Gasteiger partial charge in [0, 0.05) is 45.5 Å². The molecule has 0 bridgehead atoms. The van der Waals surface area contributed by atoms with E-state index in [1.165, 1.54) is 9.47 Å². The highest BCUT2D eigenvalue weighted by molar-refractivity contribution is 6.13. The van der Waals surface area contributed by atoms with Crippen molar-refractivity contribution in [1.29, 1.82) is 0 Å². The fraction of sp³-hybridized carbons (Fsp3) is 0.560. The number of anilines is 2. The first-order valence-corrected chi connectivity index (χ1v) is 12.5. The maximum absolute atomic E-state index is 14.1. The molecule has 0 aliphatic carbocycles. The Kier molecular flexibility index (Phi) is 7.58. The molecule has 4 rings (SSSR count). The topological polar surface area (TPSA) is 141 Å². The predicted octanol–water partition coefficient (Wildman–Crippen LogP) is 2.24. The summed E-state index contributed by atoms with van der Waals surface area (Å²) < 4.78 is 8.60. The van der Waals surface area contributed by atoms with E-state index in [0.717, 1.165) is 38.1 Å². The van der Waals surface area contributed by atoms with Gasteiger partial charge in [-0.1, -0.05) is 20.3 Å². The molecule has 3 aromatic heterocycles. The van der Waals surface area contributed by atoms with E-state index in [0.29, 0.717) is 42.0 Å². The van der Waals surface area contributed by atoms with Gasteiger partial charge in [0.05, 0.1) is 5.56 Å². The first-order chi connectivity index (χ1) is 17.2. The Hall–Kier alpha value is -3.47. The third-order valence-electron chi connectivity index (χ3n) is 6.43. The van der Waals surface area contributed by atoms with Crippen molar-refractivity contribution in [2.45, 2.75) is 66.0 Å². The highest BCUT2D eigenvalue weighted by atomic mass is 16.5. The van der Waals surface area contributed by atoms with Gasteiger partial charge < -0.3 is 19.9 Å². The molecule has 1 amide bonds. The summed E-state index contributed by atoms with van der Waals surface area (Å²) in [7, 11) is 1.57. The molecule has 0 atom stereocenters. The largest absolute Gasteiger partial charge is 0.385 e. The van der Waals surface area contributed by atoms with Crippen LogP contribution in [0.3, 0.4) is 0 Å². The number of methoxy groups -OCH3 is 1. The minimum Gasteiger partial charge on any atom is -0.385 e. The third-order valence-corrected chi connectivity index (χ3v) is 6.43. The van der Waals surface area contributed by atoms with Crippen molar-refractivity contribution in [3.8, 4) is 0 Å². The summed E-state index contributed by atoms with van der Waals surface area (Å²) in [6.07, 6.45) is 4.50. The van der Waals surface area contributed by atoms with Crippen LogP contribution in [0.2, 0.25) is 0 Å². The number of carbonyl (C=O) groups is 1. The molecular weight excluding hydrogens is 462 g/mol. The van der Waals surface area contributed by atoms with Gasteiger partial charge in [-0.25, -0.2) is 14.8 Å². The van der Waals surface area contributed by atoms with Gasteiger partial charge in [0.1, 0.15) is 17.2 Å². The number of ether oxygens (including phenoxy) is 1. The van der Waals surface area contributed by atoms with Crippen LogP contribution in [0, 0.1) is 12.8 Å². The summed E-state index contributed by atoms with van der Waals surface area (Å²) in [6, 6.07) is 1.70. The van der Waals surface area contributed by atoms with E-state index >= 15 is 0 Å². The molecule has 0 fully saturated rings. The molecule has 11 heteroatoms. The van der Waals surface area contributed by atoms with Gasteiger partial charge in [-0.15, -0.1) is 0 Å². The van der Waals surface area contributed by atoms with Crippen LogP contribution in [0.4, 0.5) is 11.5 Å². The fourth-order valence-corrected chi connectivity index (χ4v) is 4.79. The zero-order chi connectivity index (χ0) is 26.0. The molecule has 1 aliphatic rings. The van der Waals surface area contributed by atoms with E-state index in [1.807, 2.05) is 20.8 Å². The van der Waals surface area contributed by atoms with Crippen molar-refractivity contribution < 1.29 is 9.53 Å². The number of aromatic amines is 1. The number of imidazole rings is 1. The zero-order valence-electron chi connectivity index (χ0n) is 21.5. The summed E-state index contributed by atoms with van der Waals surface area (Å²) in [5.74, 6) is 0.570. The first-order valence-electron chi connectivity index (χ1n) is 12.5. The van der Waals surface area contributed by atoms with Gasteiger partial charge >= 0.3 is 5.69 Å². The lowest BCUT2D eigenvalue weighted by atomic mass is 10.1. The maximum atomic E-state index is 14.1. The number of nitrogens with two attached hydrogens (primary N) is 1. The Morgan fingerprint density at radius 3 is 2.75 bits per heavy atom. The van der Waals surface area contributed by atoms with E-state index in [2.05, 4.69) is 9.55 Å². The molecule has 0 radical (unpaired) electrons. The molecule has 0 saturated heterocycles. The molecule has 0 aromatic carbocycles. The third kappa shape index (κ3) is 4.92. The summed E-state index contributed by atoms with van der Waals surface area (Å²) >= 11 is 0. The van der Waals surface area contributed by atoms with Crippen molar-refractivity contribution in [2.75, 3.05) is 30.9 Å². The van der Waals surface area contributed by atoms with E-state index in [-0.39, 0.29) is 24.0 Å². The summed E-state index contributed by atoms with van der Waals surface area (Å²) in [4.78, 5) is 52.9. The minimum atomic E-state index is -0.703. The van der Waals surface area contributed by atoms with Crippen molar-refractivity contribution in [2.24, 2.45) is 5.92 Å². The van der Waals surface area contributed by atoms with E-state index in [9.17, 15) is 14.4 Å². The Labute approximate surface area is 209 Å². The second-order valence-corrected chi connectivity index (χ2v) is 9.77. The van der Waals surface area contributed by atoms with Gasteiger partial charge in [0.15, 0.2) is 11.3 Å². The van der Waals surface area contributed by atoms with Crippen molar-refractivity contribution >= 4 is 28.6 Å². The van der Waals surface area contributed by atoms with Crippen molar-refractivity contribution in [3.05, 3.63) is 44.0 Å². The number of H-pyrrole nitrogens is 1. The van der Waals surface area contributed by atoms with Crippen LogP contribution in [0.15, 0.2) is 15.7 Å². The highest BCUT2D eigenvalue weighted by Crippen LogP contribution is 2.27. The second-order valence-electron chi connectivity index (χ2n) is 9.77. The van der Waals surface area contributed by atoms with Crippen LogP contribution in [-0.2, 0) is 24.2 Å². The van der Waals surface area contributed by atoms with Gasteiger partial charge in [0.25, 0.3) is 11.5 Å². The lowest BCUT2D eigenvalue weighted by molar-refractivity contribution is 0.0984. The molecular formula is C25H35N7O4. The number of amides is 1. The fourth-order valence-electron chi connectivity index (χ4n) is 4.79. The van der Waals surface area contributed by atoms with Gasteiger partial charge in [0.2, 0.25) is 0 Å². The lowest BCUT2D eigenvalue weighted by Crippen LogP contribution is -2.42. The average molecular weight is 498 g/mol. The molecule has 4 heterocycles. The summed E-state index contributed by atoms with van der Waals surface area (Å²) in [5, 5.41) is 0. The highest BCUT2D eigenvalue weighted by Gasteiger charge is 2.29. The smallest absolute Gasteiger partial charge is 0.330 e. The van der Waals surface area contributed by atoms with Crippen LogP contribution in [0.5, 0.6) is 0 Å². The van der Waals surface area contributed by atoms with E-state index < -0.39 is 17.2 Å². The first kappa shape index (κ1) is 25.6. The monoisotopic (exact) mass is 497 g/mol. The normalized spacial score (nSPS) is 13.7. The standard InChI is InChI=1S/C25H35N7O4/c1-15(2)14-32-21(26)20(23(33)29-25(32)35)31(11-8-12-36-4)24(34)17-13-16(3)27-22-19(17)28-18-9-6-5-7-10-30(18)22/h13,15H,5-12,14,26H2,1-4H3,(H,29,33,35). The molecule has 1 aliphatic heterocycles. The predicted molar refractivity (Wildman–Crippen MR) is 139 cm³/mol. The quantitative estimate of drug-likeness (QED) is 0.455. The molecule has 0 saturated carbocycles. The van der Waals surface area contributed by atoms with Crippen molar-refractivity contribution in [3.63, 3.8) is 0 Å². The Morgan fingerprint density at radius 2 is 2.03 bits per heavy atom. The number of pyridine rings is 1. The van der Waals surface area contributed by atoms with Crippen LogP contribution in [0.1, 0.15) is 61.4 Å². The molecule has 0 spiro atoms. The Balaban J connectivity index is 1.88. The number of carbonyl (C=O) groups excluding carboxylic acids is 1. The number of hydrogen-bond donors (Lipinski definition) is 2. The zero-order valence-corrected chi connectivity index (χ0v) is 21.5. The molecule has 194 valence electrons. The number of hydrogen-bond acceptors (Lipinski definition) is 7. The summed E-state index contributed by atoms with van der Waals surface area (Å²) in [5.41, 5.74) is 7.27. The summed E-state index contributed by atoms with van der Waals surface area (Å²) in [6.45, 7) is 7.40. The molecule has 0 unspecified atom stereocenters. The number of nitrogen functional groups attached to an aromatic ring is 1. The van der Waals surface area contributed by atoms with E-state index in [1.54, 1.807) is 13.2 Å².